The van der Waals surface area contributed by atoms with Gasteiger partial charge in [-0.3, -0.25) is 0 Å². The Morgan fingerprint density at radius 1 is 1.25 bits per heavy atom. The van der Waals surface area contributed by atoms with Crippen molar-refractivity contribution in [3.8, 4) is 0 Å². The monoisotopic (exact) mass is 178 g/mol. The molecule has 1 saturated heterocycles. The van der Waals surface area contributed by atoms with E-state index in [0.717, 1.165) is 0 Å². The number of carbonyl (C=O) groups is 1. The van der Waals surface area contributed by atoms with Crippen LogP contribution in [0.3, 0.4) is 0 Å². The molecule has 0 aromatic heterocycles. The van der Waals surface area contributed by atoms with E-state index in [2.05, 4.69) is 4.74 Å². The van der Waals surface area contributed by atoms with Crippen LogP contribution >= 0.6 is 0 Å². The highest BCUT2D eigenvalue weighted by atomic mass is 16.6. The minimum atomic E-state index is -1.73. The molecule has 0 spiro atoms. The third-order valence-electron chi connectivity index (χ3n) is 1.74. The van der Waals surface area contributed by atoms with E-state index in [9.17, 15) is 4.79 Å². The van der Waals surface area contributed by atoms with Crippen molar-refractivity contribution in [1.82, 2.24) is 0 Å². The van der Waals surface area contributed by atoms with Gasteiger partial charge in [0.2, 0.25) is 0 Å². The van der Waals surface area contributed by atoms with Gasteiger partial charge in [0.1, 0.15) is 12.2 Å². The summed E-state index contributed by atoms with van der Waals surface area (Å²) in [7, 11) is 0. The molecule has 6 nitrogen and oxygen atoms in total. The van der Waals surface area contributed by atoms with Crippen molar-refractivity contribution in [2.24, 2.45) is 0 Å². The van der Waals surface area contributed by atoms with Gasteiger partial charge in [-0.1, -0.05) is 0 Å². The first-order valence-electron chi connectivity index (χ1n) is 3.43. The van der Waals surface area contributed by atoms with E-state index in [1.54, 1.807) is 0 Å². The van der Waals surface area contributed by atoms with Crippen molar-refractivity contribution in [1.29, 1.82) is 0 Å². The van der Waals surface area contributed by atoms with Crippen molar-refractivity contribution < 1.29 is 30.0 Å². The highest BCUT2D eigenvalue weighted by molar-refractivity contribution is 5.76. The average molecular weight is 178 g/mol. The summed E-state index contributed by atoms with van der Waals surface area (Å²) in [6, 6.07) is 0. The molecule has 4 atom stereocenters. The molecule has 0 aromatic carbocycles. The van der Waals surface area contributed by atoms with Crippen LogP contribution in [0.2, 0.25) is 0 Å². The van der Waals surface area contributed by atoms with Gasteiger partial charge in [-0.15, -0.1) is 0 Å². The van der Waals surface area contributed by atoms with E-state index in [1.807, 2.05) is 0 Å². The predicted molar refractivity (Wildman–Crippen MR) is 35.0 cm³/mol. The van der Waals surface area contributed by atoms with Crippen LogP contribution < -0.4 is 0 Å². The van der Waals surface area contributed by atoms with Gasteiger partial charge >= 0.3 is 5.97 Å². The van der Waals surface area contributed by atoms with Crippen molar-refractivity contribution in [3.05, 3.63) is 0 Å². The molecular formula is C6H10O6. The van der Waals surface area contributed by atoms with E-state index < -0.39 is 37.0 Å². The third kappa shape index (κ3) is 1.42. The minimum absolute atomic E-state index is 0.587. The minimum Gasteiger partial charge on any atom is -0.455 e. The molecule has 0 unspecified atom stereocenters. The zero-order valence-electron chi connectivity index (χ0n) is 6.12. The first kappa shape index (κ1) is 9.40. The molecule has 0 aliphatic carbocycles. The number of ether oxygens (including phenoxy) is 1. The molecule has 12 heavy (non-hydrogen) atoms. The van der Waals surface area contributed by atoms with Gasteiger partial charge in [-0.05, 0) is 0 Å². The van der Waals surface area contributed by atoms with Crippen molar-refractivity contribution >= 4 is 5.97 Å². The number of carbonyl (C=O) groups excluding carboxylic acids is 1. The van der Waals surface area contributed by atoms with Gasteiger partial charge in [0.15, 0.2) is 12.2 Å². The van der Waals surface area contributed by atoms with Crippen LogP contribution in [0.5, 0.6) is 0 Å². The molecule has 1 rings (SSSR count). The number of cyclic esters (lactones) is 1. The summed E-state index contributed by atoms with van der Waals surface area (Å²) >= 11 is 0. The van der Waals surface area contributed by atoms with E-state index in [-0.39, 0.29) is 0 Å². The molecule has 1 fully saturated rings. The van der Waals surface area contributed by atoms with Crippen LogP contribution in [0.25, 0.3) is 0 Å². The first-order valence-corrected chi connectivity index (χ1v) is 3.43. The number of hydrogen-bond acceptors (Lipinski definition) is 6. The van der Waals surface area contributed by atoms with Gasteiger partial charge in [0.25, 0.3) is 0 Å². The van der Waals surface area contributed by atoms with Gasteiger partial charge in [-0.2, -0.15) is 0 Å². The maximum Gasteiger partial charge on any atom is 0.338 e. The smallest absolute Gasteiger partial charge is 0.338 e. The second-order valence-electron chi connectivity index (χ2n) is 2.58. The fourth-order valence-electron chi connectivity index (χ4n) is 0.980. The molecule has 0 amide bonds. The zero-order chi connectivity index (χ0) is 9.30. The van der Waals surface area contributed by atoms with E-state index in [4.69, 9.17) is 20.4 Å². The summed E-state index contributed by atoms with van der Waals surface area (Å²) in [4.78, 5) is 10.7. The summed E-state index contributed by atoms with van der Waals surface area (Å²) in [5.74, 6) is -1.04. The normalized spacial score (nSPS) is 42.5. The molecule has 0 aromatic rings. The lowest BCUT2D eigenvalue weighted by Gasteiger charge is -2.32. The summed E-state index contributed by atoms with van der Waals surface area (Å²) in [5, 5.41) is 35.5. The molecule has 1 aliphatic heterocycles. The summed E-state index contributed by atoms with van der Waals surface area (Å²) in [5.41, 5.74) is 0. The first-order chi connectivity index (χ1) is 5.57. The van der Waals surface area contributed by atoms with Gasteiger partial charge in [0, 0.05) is 0 Å². The van der Waals surface area contributed by atoms with Crippen LogP contribution in [0.1, 0.15) is 0 Å². The Morgan fingerprint density at radius 2 is 1.83 bits per heavy atom. The summed E-state index contributed by atoms with van der Waals surface area (Å²) in [6.45, 7) is -0.587. The Balaban J connectivity index is 2.70. The summed E-state index contributed by atoms with van der Waals surface area (Å²) < 4.78 is 4.38. The van der Waals surface area contributed by atoms with Crippen LogP contribution in [0.15, 0.2) is 0 Å². The van der Waals surface area contributed by atoms with Crippen LogP contribution in [-0.4, -0.2) is 57.4 Å². The Labute approximate surface area is 68.0 Å². The maximum atomic E-state index is 10.7. The zero-order valence-corrected chi connectivity index (χ0v) is 6.12. The van der Waals surface area contributed by atoms with Gasteiger partial charge in [0.05, 0.1) is 6.61 Å². The molecule has 0 radical (unpaired) electrons. The molecule has 6 heteroatoms. The number of esters is 1. The number of aliphatic hydroxyl groups is 4. The number of hydrogen-bond donors (Lipinski definition) is 4. The average Bonchev–Trinajstić information content (AvgIpc) is 2.08. The molecule has 1 aliphatic rings. The Kier molecular flexibility index (Phi) is 2.63. The fourth-order valence-corrected chi connectivity index (χ4v) is 0.980. The molecule has 4 N–H and O–H groups in total. The molecular weight excluding hydrogens is 168 g/mol. The second kappa shape index (κ2) is 3.36. The SMILES string of the molecule is O=C1O[C@@H](CO)[C@H](O)[C@@H](O)[C@@H]1O. The molecule has 0 bridgehead atoms. The number of rotatable bonds is 1. The largest absolute Gasteiger partial charge is 0.455 e. The number of aliphatic hydroxyl groups excluding tert-OH is 4. The molecule has 1 heterocycles. The van der Waals surface area contributed by atoms with E-state index in [0.29, 0.717) is 0 Å². The second-order valence-corrected chi connectivity index (χ2v) is 2.58. The highest BCUT2D eigenvalue weighted by Gasteiger charge is 2.43. The molecule has 70 valence electrons. The van der Waals surface area contributed by atoms with Crippen LogP contribution in [-0.2, 0) is 9.53 Å². The lowest BCUT2D eigenvalue weighted by atomic mass is 10.0. The van der Waals surface area contributed by atoms with E-state index in [1.165, 1.54) is 0 Å². The third-order valence-corrected chi connectivity index (χ3v) is 1.74. The predicted octanol–water partition coefficient (Wildman–Crippen LogP) is -3.01. The van der Waals surface area contributed by atoms with E-state index >= 15 is 0 Å². The fraction of sp³-hybridized carbons (Fsp3) is 0.833. The topological polar surface area (TPSA) is 107 Å². The van der Waals surface area contributed by atoms with Crippen molar-refractivity contribution in [2.45, 2.75) is 24.4 Å². The highest BCUT2D eigenvalue weighted by Crippen LogP contribution is 2.15. The van der Waals surface area contributed by atoms with Crippen molar-refractivity contribution in [2.75, 3.05) is 6.61 Å². The molecule has 0 saturated carbocycles. The Morgan fingerprint density at radius 3 is 2.33 bits per heavy atom. The standard InChI is InChI=1S/C6H10O6/c7-1-2-3(8)4(9)5(10)6(11)12-2/h2-5,7-10H,1H2/t2-,3-,4+,5-/m0/s1. The quantitative estimate of drug-likeness (QED) is 0.318. The van der Waals surface area contributed by atoms with Gasteiger partial charge < -0.3 is 25.2 Å². The van der Waals surface area contributed by atoms with Crippen LogP contribution in [0, 0.1) is 0 Å². The van der Waals surface area contributed by atoms with Crippen molar-refractivity contribution in [3.63, 3.8) is 0 Å². The lowest BCUT2D eigenvalue weighted by molar-refractivity contribution is -0.206. The lowest BCUT2D eigenvalue weighted by Crippen LogP contribution is -2.56. The summed E-state index contributed by atoms with van der Waals surface area (Å²) in [6.07, 6.45) is -5.93. The van der Waals surface area contributed by atoms with Crippen LogP contribution in [0.4, 0.5) is 0 Å². The van der Waals surface area contributed by atoms with Gasteiger partial charge in [-0.25, -0.2) is 4.79 Å². The Bertz CT molecular complexity index is 179. The maximum absolute atomic E-state index is 10.7. The Hall–Kier alpha value is -0.690.